The average molecular weight is 259 g/mol. The van der Waals surface area contributed by atoms with Gasteiger partial charge < -0.3 is 16.2 Å². The van der Waals surface area contributed by atoms with Crippen molar-refractivity contribution in [1.29, 1.82) is 0 Å². The van der Waals surface area contributed by atoms with Crippen LogP contribution in [0.5, 0.6) is 0 Å². The van der Waals surface area contributed by atoms with Gasteiger partial charge in [-0.1, -0.05) is 13.8 Å². The second-order valence-corrected chi connectivity index (χ2v) is 4.84. The van der Waals surface area contributed by atoms with Crippen molar-refractivity contribution < 1.29 is 9.90 Å². The van der Waals surface area contributed by atoms with Gasteiger partial charge in [0.05, 0.1) is 0 Å². The topological polar surface area (TPSA) is 88.2 Å². The average Bonchev–Trinajstić information content (AvgIpc) is 2.34. The van der Waals surface area contributed by atoms with E-state index < -0.39 is 12.0 Å². The summed E-state index contributed by atoms with van der Waals surface area (Å²) in [6.45, 7) is 3.71. The smallest absolute Gasteiger partial charge is 0.326 e. The van der Waals surface area contributed by atoms with Crippen LogP contribution in [0.15, 0.2) is 30.5 Å². The van der Waals surface area contributed by atoms with Gasteiger partial charge in [0.25, 0.3) is 0 Å². The molecule has 1 atom stereocenters. The summed E-state index contributed by atoms with van der Waals surface area (Å²) in [5.74, 6) is -0.355. The Morgan fingerprint density at radius 3 is 2.74 bits per heavy atom. The van der Waals surface area contributed by atoms with Crippen molar-refractivity contribution in [2.24, 2.45) is 5.92 Å². The van der Waals surface area contributed by atoms with E-state index in [2.05, 4.69) is 10.3 Å². The summed E-state index contributed by atoms with van der Waals surface area (Å²) in [6, 6.07) is 6.64. The van der Waals surface area contributed by atoms with Crippen LogP contribution in [0.2, 0.25) is 0 Å². The first-order valence-corrected chi connectivity index (χ1v) is 6.12. The number of carbonyl (C=O) groups is 1. The molecule has 0 amide bonds. The fourth-order valence-electron chi connectivity index (χ4n) is 1.97. The maximum Gasteiger partial charge on any atom is 0.326 e. The molecule has 0 bridgehead atoms. The lowest BCUT2D eigenvalue weighted by molar-refractivity contribution is -0.138. The zero-order valence-electron chi connectivity index (χ0n) is 10.9. The minimum absolute atomic E-state index is 0.0386. The van der Waals surface area contributed by atoms with E-state index in [-0.39, 0.29) is 5.92 Å². The van der Waals surface area contributed by atoms with Gasteiger partial charge in [-0.05, 0) is 35.6 Å². The van der Waals surface area contributed by atoms with E-state index in [9.17, 15) is 9.90 Å². The summed E-state index contributed by atoms with van der Waals surface area (Å²) in [6.07, 6.45) is 1.64. The number of nitrogen functional groups attached to an aromatic ring is 1. The Balaban J connectivity index is 2.42. The fourth-order valence-corrected chi connectivity index (χ4v) is 1.97. The van der Waals surface area contributed by atoms with Gasteiger partial charge in [0.15, 0.2) is 0 Å². The summed E-state index contributed by atoms with van der Waals surface area (Å²) in [5, 5.41) is 14.0. The second kappa shape index (κ2) is 5.14. The number of carboxylic acid groups (broad SMARTS) is 1. The molecular weight excluding hydrogens is 242 g/mol. The molecule has 0 saturated heterocycles. The van der Waals surface area contributed by atoms with Crippen molar-refractivity contribution in [2.75, 3.05) is 11.1 Å². The molecule has 0 spiro atoms. The number of aromatic nitrogens is 1. The van der Waals surface area contributed by atoms with Crippen molar-refractivity contribution in [2.45, 2.75) is 19.9 Å². The molecule has 1 aromatic carbocycles. The number of benzene rings is 1. The van der Waals surface area contributed by atoms with Crippen molar-refractivity contribution in [3.8, 4) is 0 Å². The molecular formula is C14H17N3O2. The highest BCUT2D eigenvalue weighted by Gasteiger charge is 2.22. The third-order valence-electron chi connectivity index (χ3n) is 3.01. The molecule has 1 unspecified atom stereocenters. The predicted octanol–water partition coefficient (Wildman–Crippen LogP) is 2.34. The van der Waals surface area contributed by atoms with Crippen molar-refractivity contribution in [3.05, 3.63) is 30.5 Å². The molecule has 0 aliphatic rings. The lowest BCUT2D eigenvalue weighted by Crippen LogP contribution is -2.34. The zero-order chi connectivity index (χ0) is 14.0. The maximum atomic E-state index is 11.2. The van der Waals surface area contributed by atoms with Crippen LogP contribution < -0.4 is 11.1 Å². The minimum Gasteiger partial charge on any atom is -0.480 e. The summed E-state index contributed by atoms with van der Waals surface area (Å²) in [7, 11) is 0. The van der Waals surface area contributed by atoms with E-state index in [4.69, 9.17) is 5.73 Å². The minimum atomic E-state index is -0.885. The largest absolute Gasteiger partial charge is 0.480 e. The zero-order valence-corrected chi connectivity index (χ0v) is 10.9. The van der Waals surface area contributed by atoms with Crippen LogP contribution in [-0.4, -0.2) is 22.1 Å². The Bertz CT molecular complexity index is 611. The van der Waals surface area contributed by atoms with Crippen LogP contribution in [0.4, 0.5) is 11.5 Å². The lowest BCUT2D eigenvalue weighted by Gasteiger charge is -2.19. The summed E-state index contributed by atoms with van der Waals surface area (Å²) >= 11 is 0. The van der Waals surface area contributed by atoms with Gasteiger partial charge in [-0.25, -0.2) is 9.78 Å². The van der Waals surface area contributed by atoms with E-state index in [1.54, 1.807) is 12.3 Å². The Morgan fingerprint density at radius 2 is 2.11 bits per heavy atom. The molecule has 1 aromatic heterocycles. The fraction of sp³-hybridized carbons (Fsp3) is 0.286. The molecule has 5 heteroatoms. The molecule has 0 fully saturated rings. The molecule has 2 rings (SSSR count). The van der Waals surface area contributed by atoms with E-state index in [1.165, 1.54) is 0 Å². The number of anilines is 2. The Morgan fingerprint density at radius 1 is 1.37 bits per heavy atom. The molecule has 4 N–H and O–H groups in total. The highest BCUT2D eigenvalue weighted by molar-refractivity contribution is 5.94. The van der Waals surface area contributed by atoms with Crippen LogP contribution in [-0.2, 0) is 4.79 Å². The second-order valence-electron chi connectivity index (χ2n) is 4.84. The standard InChI is InChI=1S/C14H17N3O2/c1-8(2)12(14(18)19)17-13-11-4-3-10(15)7-9(11)5-6-16-13/h3-8,12H,15H2,1-2H3,(H,16,17)(H,18,19). The Hall–Kier alpha value is -2.30. The van der Waals surface area contributed by atoms with E-state index in [0.717, 1.165) is 10.8 Å². The molecule has 5 nitrogen and oxygen atoms in total. The number of rotatable bonds is 4. The molecule has 0 saturated carbocycles. The van der Waals surface area contributed by atoms with Crippen molar-refractivity contribution in [1.82, 2.24) is 4.98 Å². The van der Waals surface area contributed by atoms with Gasteiger partial charge >= 0.3 is 5.97 Å². The number of pyridine rings is 1. The molecule has 19 heavy (non-hydrogen) atoms. The molecule has 1 heterocycles. The normalized spacial score (nSPS) is 12.6. The number of fused-ring (bicyclic) bond motifs is 1. The van der Waals surface area contributed by atoms with Crippen LogP contribution in [0.3, 0.4) is 0 Å². The number of carboxylic acids is 1. The highest BCUT2D eigenvalue weighted by atomic mass is 16.4. The molecule has 2 aromatic rings. The number of nitrogens with one attached hydrogen (secondary N) is 1. The van der Waals surface area contributed by atoms with Gasteiger partial charge in [0.1, 0.15) is 11.9 Å². The molecule has 0 radical (unpaired) electrons. The van der Waals surface area contributed by atoms with E-state index in [1.807, 2.05) is 32.0 Å². The third kappa shape index (κ3) is 2.76. The van der Waals surface area contributed by atoms with E-state index >= 15 is 0 Å². The maximum absolute atomic E-state index is 11.2. The monoisotopic (exact) mass is 259 g/mol. The first kappa shape index (κ1) is 13.1. The Labute approximate surface area is 111 Å². The predicted molar refractivity (Wildman–Crippen MR) is 76.0 cm³/mol. The number of nitrogens with two attached hydrogens (primary N) is 1. The summed E-state index contributed by atoms with van der Waals surface area (Å²) in [5.41, 5.74) is 6.41. The van der Waals surface area contributed by atoms with Crippen LogP contribution >= 0.6 is 0 Å². The first-order chi connectivity index (χ1) is 8.99. The molecule has 100 valence electrons. The van der Waals surface area contributed by atoms with E-state index in [0.29, 0.717) is 11.5 Å². The summed E-state index contributed by atoms with van der Waals surface area (Å²) in [4.78, 5) is 15.5. The van der Waals surface area contributed by atoms with Gasteiger partial charge in [-0.2, -0.15) is 0 Å². The summed E-state index contributed by atoms with van der Waals surface area (Å²) < 4.78 is 0. The van der Waals surface area contributed by atoms with Crippen LogP contribution in [0.1, 0.15) is 13.8 Å². The number of nitrogens with zero attached hydrogens (tertiary/aromatic N) is 1. The van der Waals surface area contributed by atoms with Crippen molar-refractivity contribution >= 4 is 28.2 Å². The molecule has 0 aliphatic carbocycles. The van der Waals surface area contributed by atoms with Gasteiger partial charge in [-0.3, -0.25) is 0 Å². The van der Waals surface area contributed by atoms with Gasteiger partial charge in [0.2, 0.25) is 0 Å². The number of hydrogen-bond donors (Lipinski definition) is 3. The van der Waals surface area contributed by atoms with Crippen LogP contribution in [0, 0.1) is 5.92 Å². The number of aliphatic carboxylic acids is 1. The lowest BCUT2D eigenvalue weighted by atomic mass is 10.0. The first-order valence-electron chi connectivity index (χ1n) is 6.12. The molecule has 0 aliphatic heterocycles. The Kier molecular flexibility index (Phi) is 3.55. The van der Waals surface area contributed by atoms with Crippen LogP contribution in [0.25, 0.3) is 10.8 Å². The SMILES string of the molecule is CC(C)C(Nc1nccc2cc(N)ccc12)C(=O)O. The quantitative estimate of drug-likeness (QED) is 0.733. The van der Waals surface area contributed by atoms with Crippen molar-refractivity contribution in [3.63, 3.8) is 0 Å². The number of hydrogen-bond acceptors (Lipinski definition) is 4. The third-order valence-corrected chi connectivity index (χ3v) is 3.01. The highest BCUT2D eigenvalue weighted by Crippen LogP contribution is 2.24. The van der Waals surface area contributed by atoms with Gasteiger partial charge in [0, 0.05) is 17.3 Å². The van der Waals surface area contributed by atoms with Gasteiger partial charge in [-0.15, -0.1) is 0 Å².